The quantitative estimate of drug-likeness (QED) is 0.234. The van der Waals surface area contributed by atoms with Crippen molar-refractivity contribution < 1.29 is 27.0 Å². The summed E-state index contributed by atoms with van der Waals surface area (Å²) < 4.78 is 38.9. The minimum Gasteiger partial charge on any atom is -0.744 e. The van der Waals surface area contributed by atoms with Gasteiger partial charge in [0, 0.05) is 35.2 Å². The van der Waals surface area contributed by atoms with Crippen molar-refractivity contribution in [2.24, 2.45) is 5.92 Å². The van der Waals surface area contributed by atoms with E-state index in [0.717, 1.165) is 18.0 Å². The van der Waals surface area contributed by atoms with E-state index in [4.69, 9.17) is 4.74 Å². The number of hydrogen-bond donors (Lipinski definition) is 0. The summed E-state index contributed by atoms with van der Waals surface area (Å²) in [6, 6.07) is 15.8. The van der Waals surface area contributed by atoms with Gasteiger partial charge in [-0.05, 0) is 59.3 Å². The molecule has 0 aliphatic carbocycles. The van der Waals surface area contributed by atoms with Gasteiger partial charge in [-0.25, -0.2) is 8.42 Å². The number of rotatable bonds is 3. The van der Waals surface area contributed by atoms with Crippen molar-refractivity contribution >= 4 is 38.7 Å². The molecule has 3 aliphatic heterocycles. The number of carbonyl (C=O) groups is 1. The molecular weight excluding hydrogens is 553 g/mol. The van der Waals surface area contributed by atoms with Gasteiger partial charge in [0.15, 0.2) is 0 Å². The molecule has 0 amide bonds. The zero-order valence-electron chi connectivity index (χ0n) is 18.9. The molecule has 2 bridgehead atoms. The van der Waals surface area contributed by atoms with Crippen molar-refractivity contribution in [3.8, 4) is 0 Å². The van der Waals surface area contributed by atoms with Crippen molar-refractivity contribution in [1.29, 1.82) is 0 Å². The van der Waals surface area contributed by atoms with Crippen LogP contribution in [0, 0.1) is 16.4 Å². The summed E-state index contributed by atoms with van der Waals surface area (Å²) in [4.78, 5) is 12.4. The van der Waals surface area contributed by atoms with E-state index in [1.54, 1.807) is 19.2 Å². The lowest BCUT2D eigenvalue weighted by atomic mass is 9.73. The number of ether oxygens (including phenoxy) is 1. The molecule has 0 radical (unpaired) electrons. The summed E-state index contributed by atoms with van der Waals surface area (Å²) in [6.07, 6.45) is 4.97. The fourth-order valence-corrected chi connectivity index (χ4v) is 6.95. The Labute approximate surface area is 209 Å². The van der Waals surface area contributed by atoms with Crippen LogP contribution in [0.1, 0.15) is 42.7 Å². The molecule has 0 aromatic heterocycles. The fourth-order valence-electron chi connectivity index (χ4n) is 6.12. The molecular formula is C25H30INO5S. The first-order chi connectivity index (χ1) is 15.7. The van der Waals surface area contributed by atoms with Gasteiger partial charge in [0.1, 0.15) is 22.1 Å². The van der Waals surface area contributed by atoms with Crippen LogP contribution in [-0.2, 0) is 19.6 Å². The van der Waals surface area contributed by atoms with Gasteiger partial charge in [0.25, 0.3) is 0 Å². The van der Waals surface area contributed by atoms with Crippen molar-refractivity contribution in [1.82, 2.24) is 0 Å². The molecule has 3 aliphatic rings. The second-order valence-electron chi connectivity index (χ2n) is 9.41. The van der Waals surface area contributed by atoms with Crippen molar-refractivity contribution in [3.63, 3.8) is 0 Å². The average Bonchev–Trinajstić information content (AvgIpc) is 3.02. The van der Waals surface area contributed by atoms with E-state index in [0.29, 0.717) is 12.0 Å². The smallest absolute Gasteiger partial charge is 0.315 e. The highest BCUT2D eigenvalue weighted by Crippen LogP contribution is 2.54. The zero-order valence-corrected chi connectivity index (χ0v) is 21.9. The number of quaternary nitrogens is 1. The number of halogens is 1. The topological polar surface area (TPSA) is 83.5 Å². The highest BCUT2D eigenvalue weighted by molar-refractivity contribution is 14.1. The molecule has 1 spiro atoms. The second kappa shape index (κ2) is 9.64. The molecule has 178 valence electrons. The van der Waals surface area contributed by atoms with Gasteiger partial charge >= 0.3 is 5.97 Å². The number of aryl methyl sites for hydroxylation is 1. The summed E-state index contributed by atoms with van der Waals surface area (Å²) in [5.41, 5.74) is 2.25. The van der Waals surface area contributed by atoms with Crippen LogP contribution in [0.5, 0.6) is 0 Å². The van der Waals surface area contributed by atoms with Crippen LogP contribution in [0.4, 0.5) is 0 Å². The molecule has 3 heterocycles. The first kappa shape index (κ1) is 24.6. The molecule has 5 rings (SSSR count). The van der Waals surface area contributed by atoms with Gasteiger partial charge in [0.2, 0.25) is 0 Å². The van der Waals surface area contributed by atoms with Crippen molar-refractivity contribution in [2.45, 2.75) is 55.5 Å². The minimum absolute atomic E-state index is 0.0123. The molecule has 4 atom stereocenters. The van der Waals surface area contributed by atoms with Gasteiger partial charge in [-0.1, -0.05) is 29.8 Å². The van der Waals surface area contributed by atoms with Crippen LogP contribution < -0.4 is 0 Å². The van der Waals surface area contributed by atoms with E-state index >= 15 is 0 Å². The van der Waals surface area contributed by atoms with E-state index < -0.39 is 10.1 Å². The van der Waals surface area contributed by atoms with Gasteiger partial charge in [0.05, 0.1) is 31.1 Å². The monoisotopic (exact) mass is 583 g/mol. The molecule has 8 heteroatoms. The second-order valence-corrected chi connectivity index (χ2v) is 12.0. The Morgan fingerprint density at radius 3 is 2.21 bits per heavy atom. The van der Waals surface area contributed by atoms with E-state index in [-0.39, 0.29) is 16.8 Å². The first-order valence-corrected chi connectivity index (χ1v) is 13.9. The van der Waals surface area contributed by atoms with Crippen LogP contribution in [0.2, 0.25) is 0 Å². The summed E-state index contributed by atoms with van der Waals surface area (Å²) in [5, 5.41) is 0. The van der Waals surface area contributed by atoms with Gasteiger partial charge < -0.3 is 13.8 Å². The molecule has 3 fully saturated rings. The zero-order chi connectivity index (χ0) is 23.8. The number of piperidine rings is 1. The molecule has 0 unspecified atom stereocenters. The SMILES string of the molecule is COC(=O)[C@@H]1[C@@H](c2ccc(I)cc2)C[C@H]2CC[C@H]1[N+]21CCC1.Cc1ccc(S(=O)(=O)[O-])cc1. The molecule has 2 aromatic rings. The molecule has 3 saturated heterocycles. The highest BCUT2D eigenvalue weighted by atomic mass is 127. The van der Waals surface area contributed by atoms with E-state index in [2.05, 4.69) is 46.9 Å². The number of methoxy groups -OCH3 is 1. The Balaban J connectivity index is 0.000000200. The lowest BCUT2D eigenvalue weighted by molar-refractivity contribution is -1.00. The summed E-state index contributed by atoms with van der Waals surface area (Å²) in [7, 11) is -2.72. The minimum atomic E-state index is -4.27. The summed E-state index contributed by atoms with van der Waals surface area (Å²) >= 11 is 2.34. The Hall–Kier alpha value is -1.49. The third-order valence-corrected chi connectivity index (χ3v) is 9.36. The lowest BCUT2D eigenvalue weighted by Crippen LogP contribution is -2.70. The lowest BCUT2D eigenvalue weighted by Gasteiger charge is -2.57. The Kier molecular flexibility index (Phi) is 7.19. The summed E-state index contributed by atoms with van der Waals surface area (Å²) in [5.74, 6) is 0.397. The first-order valence-electron chi connectivity index (χ1n) is 11.4. The van der Waals surface area contributed by atoms with Gasteiger partial charge in [-0.3, -0.25) is 4.79 Å². The number of esters is 1. The molecule has 2 aromatic carbocycles. The predicted molar refractivity (Wildman–Crippen MR) is 133 cm³/mol. The van der Waals surface area contributed by atoms with Gasteiger partial charge in [-0.2, -0.15) is 0 Å². The van der Waals surface area contributed by atoms with E-state index in [1.165, 1.54) is 58.1 Å². The van der Waals surface area contributed by atoms with Gasteiger partial charge in [-0.15, -0.1) is 0 Å². The van der Waals surface area contributed by atoms with Crippen molar-refractivity contribution in [2.75, 3.05) is 20.2 Å². The number of benzene rings is 2. The molecule has 0 saturated carbocycles. The standard InChI is InChI=1S/C18H23INO2.C7H8O3S/c1-22-18(21)17-15(12-3-5-13(19)6-4-12)11-14-7-8-16(17)20(14)9-2-10-20;1-6-2-4-7(5-3-6)11(8,9)10/h3-6,14-17H,2,7-11H2,1H3;2-5H,1H3,(H,8,9,10)/q+1;/p-1/t14-,15-,16-,17-;/m1./s1. The van der Waals surface area contributed by atoms with Crippen LogP contribution in [0.25, 0.3) is 0 Å². The number of carbonyl (C=O) groups excluding carboxylic acids is 1. The van der Waals surface area contributed by atoms with Crippen LogP contribution in [-0.4, -0.2) is 55.7 Å². The fraction of sp³-hybridized carbons (Fsp3) is 0.480. The number of nitrogens with zero attached hydrogens (tertiary/aromatic N) is 1. The maximum absolute atomic E-state index is 12.6. The highest BCUT2D eigenvalue weighted by Gasteiger charge is 2.63. The third kappa shape index (κ3) is 4.85. The maximum atomic E-state index is 12.6. The van der Waals surface area contributed by atoms with Crippen LogP contribution in [0.15, 0.2) is 53.4 Å². The molecule has 0 N–H and O–H groups in total. The predicted octanol–water partition coefficient (Wildman–Crippen LogP) is 4.22. The maximum Gasteiger partial charge on any atom is 0.315 e. The summed E-state index contributed by atoms with van der Waals surface area (Å²) in [6.45, 7) is 4.38. The van der Waals surface area contributed by atoms with Crippen molar-refractivity contribution in [3.05, 3.63) is 63.2 Å². The molecule has 33 heavy (non-hydrogen) atoms. The van der Waals surface area contributed by atoms with Crippen LogP contribution in [0.3, 0.4) is 0 Å². The Morgan fingerprint density at radius 1 is 1.06 bits per heavy atom. The normalized spacial score (nSPS) is 27.3. The number of hydrogen-bond acceptors (Lipinski definition) is 5. The molecule has 6 nitrogen and oxygen atoms in total. The Bertz CT molecular complexity index is 1100. The third-order valence-electron chi connectivity index (χ3n) is 7.79. The largest absolute Gasteiger partial charge is 0.744 e. The van der Waals surface area contributed by atoms with E-state index in [1.807, 2.05) is 6.92 Å². The van der Waals surface area contributed by atoms with Crippen LogP contribution >= 0.6 is 22.6 Å². The van der Waals surface area contributed by atoms with E-state index in [9.17, 15) is 17.8 Å². The Morgan fingerprint density at radius 2 is 1.70 bits per heavy atom. The average molecular weight is 583 g/mol.